The van der Waals surface area contributed by atoms with E-state index in [1.807, 2.05) is 107 Å². The third kappa shape index (κ3) is 51.0. The molecule has 0 heterocycles. The highest BCUT2D eigenvalue weighted by Gasteiger charge is 2.27. The molecule has 0 aliphatic rings. The van der Waals surface area contributed by atoms with Gasteiger partial charge in [0.25, 0.3) is 6.47 Å². The molecule has 0 aliphatic heterocycles. The van der Waals surface area contributed by atoms with Crippen molar-refractivity contribution in [2.75, 3.05) is 120 Å². The average molecular weight is 976 g/mol. The molecule has 0 bridgehead atoms. The highest BCUT2D eigenvalue weighted by atomic mass is 16.6. The van der Waals surface area contributed by atoms with E-state index in [2.05, 4.69) is 41.1 Å². The molecule has 1 aromatic rings. The van der Waals surface area contributed by atoms with Gasteiger partial charge in [-0.1, -0.05) is 99.6 Å². The number of benzene rings is 1. The maximum absolute atomic E-state index is 12.8. The quantitative estimate of drug-likeness (QED) is 0.0377. The molecule has 0 saturated carbocycles. The predicted molar refractivity (Wildman–Crippen MR) is 272 cm³/mol. The molecule has 9 N–H and O–H groups in total. The van der Waals surface area contributed by atoms with Gasteiger partial charge >= 0.3 is 6.03 Å². The molecule has 20 heteroatoms. The Hall–Kier alpha value is -4.44. The summed E-state index contributed by atoms with van der Waals surface area (Å²) < 4.78 is 26.4. The number of amides is 6. The first-order valence-corrected chi connectivity index (χ1v) is 24.4. The van der Waals surface area contributed by atoms with Crippen molar-refractivity contribution in [3.63, 3.8) is 0 Å². The second-order valence-electron chi connectivity index (χ2n) is 14.1. The van der Waals surface area contributed by atoms with Crippen LogP contribution in [0.1, 0.15) is 100 Å². The van der Waals surface area contributed by atoms with Gasteiger partial charge in [-0.15, -0.1) is 0 Å². The van der Waals surface area contributed by atoms with E-state index in [9.17, 15) is 28.8 Å². The van der Waals surface area contributed by atoms with Crippen molar-refractivity contribution < 1.29 is 52.5 Å². The zero-order chi connectivity index (χ0) is 52.8. The van der Waals surface area contributed by atoms with Crippen molar-refractivity contribution in [3.8, 4) is 0 Å². The Bertz CT molecular complexity index is 1300. The average Bonchev–Trinajstić information content (AvgIpc) is 3.34. The number of carbonyl (C=O) groups is 6. The molecule has 0 aromatic heterocycles. The van der Waals surface area contributed by atoms with E-state index in [-0.39, 0.29) is 50.3 Å². The fraction of sp³-hybridized carbons (Fsp3) is 0.750. The lowest BCUT2D eigenvalue weighted by atomic mass is 10.0. The normalized spacial score (nSPS) is 10.9. The summed E-state index contributed by atoms with van der Waals surface area (Å²) in [7, 11) is 6.03. The van der Waals surface area contributed by atoms with Gasteiger partial charge in [-0.25, -0.2) is 4.79 Å². The van der Waals surface area contributed by atoms with Crippen LogP contribution in [0.25, 0.3) is 0 Å². The molecular weight excluding hydrogens is 879 g/mol. The summed E-state index contributed by atoms with van der Waals surface area (Å²) in [5.41, 5.74) is 11.4. The summed E-state index contributed by atoms with van der Waals surface area (Å²) in [6.45, 7) is 28.3. The topological polar surface area (TPSA) is 267 Å². The summed E-state index contributed by atoms with van der Waals surface area (Å²) in [4.78, 5) is 74.1. The van der Waals surface area contributed by atoms with Gasteiger partial charge in [0.1, 0.15) is 18.7 Å². The standard InChI is InChI=1S/C32H65N9O9.C8H8O2.4C2H6/c1-25(2)29(31(45)38-26(30(33)44)7-6-10-37-32(34)46)39-28(43)9-18-48-20-22-50-24-23-49-21-19-47-17-8-27(42)36-12-14-41(13-11-35-3)16-15-40(4)5;9-7-10-6-8-4-2-1-3-5-8;4*1-2/h25-26,29,35H,6-24H2,1-5H3,(H2,33,44)(H,36,42)(H,38,45)(H,39,43)(H3,34,37,46);1-5,7H,6H2;4*1-2H3. The van der Waals surface area contributed by atoms with Gasteiger partial charge in [-0.05, 0) is 45.5 Å². The molecule has 2 atom stereocenters. The van der Waals surface area contributed by atoms with Crippen molar-refractivity contribution in [3.05, 3.63) is 35.9 Å². The largest absolute Gasteiger partial charge is 0.463 e. The third-order valence-electron chi connectivity index (χ3n) is 8.41. The van der Waals surface area contributed by atoms with Gasteiger partial charge in [0.05, 0.1) is 52.9 Å². The molecule has 400 valence electrons. The minimum atomic E-state index is -0.957. The highest BCUT2D eigenvalue weighted by molar-refractivity contribution is 5.91. The van der Waals surface area contributed by atoms with Gasteiger partial charge in [0.15, 0.2) is 0 Å². The Kier molecular flexibility index (Phi) is 60.7. The monoisotopic (exact) mass is 976 g/mol. The first kappa shape index (κ1) is 72.5. The van der Waals surface area contributed by atoms with Crippen LogP contribution in [0.3, 0.4) is 0 Å². The third-order valence-corrected chi connectivity index (χ3v) is 8.41. The number of rotatable bonds is 36. The van der Waals surface area contributed by atoms with Gasteiger partial charge in [-0.3, -0.25) is 28.9 Å². The van der Waals surface area contributed by atoms with Crippen molar-refractivity contribution in [2.24, 2.45) is 17.4 Å². The molecule has 20 nitrogen and oxygen atoms in total. The van der Waals surface area contributed by atoms with Crippen molar-refractivity contribution in [1.82, 2.24) is 36.4 Å². The summed E-state index contributed by atoms with van der Waals surface area (Å²) >= 11 is 0. The Labute approximate surface area is 410 Å². The van der Waals surface area contributed by atoms with E-state index in [4.69, 9.17) is 30.4 Å². The summed E-state index contributed by atoms with van der Waals surface area (Å²) in [6.07, 6.45) is 0.903. The van der Waals surface area contributed by atoms with Crippen LogP contribution in [0.5, 0.6) is 0 Å². The summed E-state index contributed by atoms with van der Waals surface area (Å²) in [6, 6.07) is 7.03. The van der Waals surface area contributed by atoms with Crippen LogP contribution in [-0.4, -0.2) is 178 Å². The van der Waals surface area contributed by atoms with Crippen LogP contribution in [0.15, 0.2) is 30.3 Å². The maximum atomic E-state index is 12.8. The molecule has 1 aromatic carbocycles. The van der Waals surface area contributed by atoms with Gasteiger partial charge in [-0.2, -0.15) is 0 Å². The zero-order valence-electron chi connectivity index (χ0n) is 44.4. The first-order valence-electron chi connectivity index (χ1n) is 24.4. The predicted octanol–water partition coefficient (Wildman–Crippen LogP) is 3.06. The smallest absolute Gasteiger partial charge is 0.312 e. The maximum Gasteiger partial charge on any atom is 0.312 e. The lowest BCUT2D eigenvalue weighted by Crippen LogP contribution is -2.54. The second-order valence-corrected chi connectivity index (χ2v) is 14.1. The van der Waals surface area contributed by atoms with E-state index < -0.39 is 29.9 Å². The number of ether oxygens (including phenoxy) is 5. The zero-order valence-corrected chi connectivity index (χ0v) is 44.4. The molecule has 0 radical (unpaired) electrons. The van der Waals surface area contributed by atoms with Crippen molar-refractivity contribution in [1.29, 1.82) is 0 Å². The minimum absolute atomic E-state index is 0.0337. The number of nitrogens with two attached hydrogens (primary N) is 2. The van der Waals surface area contributed by atoms with E-state index in [1.54, 1.807) is 13.8 Å². The van der Waals surface area contributed by atoms with Crippen LogP contribution >= 0.6 is 0 Å². The molecule has 6 amide bonds. The van der Waals surface area contributed by atoms with E-state index >= 15 is 0 Å². The van der Waals surface area contributed by atoms with Crippen LogP contribution < -0.4 is 38.1 Å². The van der Waals surface area contributed by atoms with Crippen molar-refractivity contribution in [2.45, 2.75) is 114 Å². The molecule has 68 heavy (non-hydrogen) atoms. The minimum Gasteiger partial charge on any atom is -0.463 e. The van der Waals surface area contributed by atoms with E-state index in [0.717, 1.165) is 38.3 Å². The molecular formula is C48H97N9O11. The molecule has 0 spiro atoms. The number of hydrogen-bond acceptors (Lipinski definition) is 14. The number of hydrogen-bond donors (Lipinski definition) is 7. The van der Waals surface area contributed by atoms with E-state index in [1.165, 1.54) is 0 Å². The second kappa shape index (κ2) is 56.9. The molecule has 1 rings (SSSR count). The van der Waals surface area contributed by atoms with Gasteiger partial charge in [0.2, 0.25) is 23.6 Å². The number of carbonyl (C=O) groups excluding carboxylic acids is 6. The van der Waals surface area contributed by atoms with Gasteiger partial charge in [0, 0.05) is 58.7 Å². The van der Waals surface area contributed by atoms with Crippen LogP contribution in [0.4, 0.5) is 4.79 Å². The Balaban J connectivity index is -0.000000621. The highest BCUT2D eigenvalue weighted by Crippen LogP contribution is 2.05. The first-order chi connectivity index (χ1) is 32.8. The number of likely N-dealkylation sites (N-methyl/N-ethyl adjacent to an activating group) is 2. The SMILES string of the molecule is CC.CC.CC.CC.CNCCN(CCNC(=O)CCOCCOCCOCCOCCC(=O)NC(C(=O)NC(CCCNC(N)=O)C(N)=O)C(C)C)CCN(C)C.O=COCc1ccccc1. The Morgan fingerprint density at radius 1 is 0.647 bits per heavy atom. The van der Waals surface area contributed by atoms with Gasteiger partial charge < -0.3 is 66.6 Å². The van der Waals surface area contributed by atoms with Crippen molar-refractivity contribution >= 4 is 36.1 Å². The molecule has 0 saturated heterocycles. The summed E-state index contributed by atoms with van der Waals surface area (Å²) in [5, 5.41) is 13.8. The van der Waals surface area contributed by atoms with Crippen LogP contribution in [-0.2, 0) is 54.3 Å². The number of nitrogens with one attached hydrogen (secondary N) is 5. The lowest BCUT2D eigenvalue weighted by Gasteiger charge is -2.24. The Morgan fingerprint density at radius 2 is 1.15 bits per heavy atom. The molecule has 2 unspecified atom stereocenters. The molecule has 0 aliphatic carbocycles. The molecule has 0 fully saturated rings. The summed E-state index contributed by atoms with van der Waals surface area (Å²) in [5.74, 6) is -1.92. The lowest BCUT2D eigenvalue weighted by molar-refractivity contribution is -0.132. The van der Waals surface area contributed by atoms with E-state index in [0.29, 0.717) is 72.1 Å². The number of urea groups is 1. The fourth-order valence-corrected chi connectivity index (χ4v) is 5.03. The number of primary amides is 2. The fourth-order valence-electron chi connectivity index (χ4n) is 5.03. The number of nitrogens with zero attached hydrogens (tertiary/aromatic N) is 2. The van der Waals surface area contributed by atoms with Crippen LogP contribution in [0.2, 0.25) is 0 Å². The Morgan fingerprint density at radius 3 is 1.60 bits per heavy atom. The van der Waals surface area contributed by atoms with Crippen LogP contribution in [0, 0.1) is 5.92 Å².